The summed E-state index contributed by atoms with van der Waals surface area (Å²) in [5, 5.41) is 30.7. The number of amides is 4. The maximum atomic E-state index is 14.4. The van der Waals surface area contributed by atoms with Gasteiger partial charge in [0, 0.05) is 22.6 Å². The number of hydrogen-bond acceptors (Lipinski definition) is 7. The number of hydrogen-bond donors (Lipinski definition) is 3. The van der Waals surface area contributed by atoms with Crippen LogP contribution in [0, 0.1) is 34.9 Å². The summed E-state index contributed by atoms with van der Waals surface area (Å²) in [4.78, 5) is 69.9. The van der Waals surface area contributed by atoms with Crippen LogP contribution in [0.1, 0.15) is 41.6 Å². The summed E-state index contributed by atoms with van der Waals surface area (Å²) >= 11 is 12.4. The minimum Gasteiger partial charge on any atom is -0.508 e. The molecule has 2 saturated heterocycles. The van der Waals surface area contributed by atoms with Gasteiger partial charge in [0.05, 0.1) is 39.6 Å². The van der Waals surface area contributed by atoms with Gasteiger partial charge in [0.2, 0.25) is 23.6 Å². The summed E-state index contributed by atoms with van der Waals surface area (Å²) in [7, 11) is 0. The predicted octanol–water partition coefficient (Wildman–Crippen LogP) is 5.68. The molecular formula is C34H25Cl2FN2O8. The van der Waals surface area contributed by atoms with Crippen molar-refractivity contribution in [3.05, 3.63) is 93.2 Å². The van der Waals surface area contributed by atoms with Crippen molar-refractivity contribution < 1.29 is 43.7 Å². The van der Waals surface area contributed by atoms with E-state index in [4.69, 9.17) is 23.2 Å². The molecule has 240 valence electrons. The lowest BCUT2D eigenvalue weighted by atomic mass is 9.51. The van der Waals surface area contributed by atoms with Crippen molar-refractivity contribution in [2.75, 3.05) is 9.80 Å². The van der Waals surface area contributed by atoms with E-state index in [1.165, 1.54) is 36.4 Å². The number of carbonyl (C=O) groups is 5. The van der Waals surface area contributed by atoms with Crippen LogP contribution in [0.3, 0.4) is 0 Å². The topological polar surface area (TPSA) is 153 Å². The van der Waals surface area contributed by atoms with Crippen LogP contribution < -0.4 is 9.80 Å². The highest BCUT2D eigenvalue weighted by molar-refractivity contribution is 6.32. The van der Waals surface area contributed by atoms with Crippen LogP contribution in [0.15, 0.2) is 66.2 Å². The van der Waals surface area contributed by atoms with Gasteiger partial charge in [0.25, 0.3) is 0 Å². The average molecular weight is 679 g/mol. The summed E-state index contributed by atoms with van der Waals surface area (Å²) in [6.07, 6.45) is 1.90. The molecule has 3 N–H and O–H groups in total. The number of anilines is 2. The van der Waals surface area contributed by atoms with Gasteiger partial charge >= 0.3 is 5.97 Å². The molecule has 3 aromatic carbocycles. The van der Waals surface area contributed by atoms with Crippen LogP contribution in [0.25, 0.3) is 0 Å². The monoisotopic (exact) mass is 678 g/mol. The Kier molecular flexibility index (Phi) is 7.00. The average Bonchev–Trinajstić information content (AvgIpc) is 3.39. The zero-order valence-electron chi connectivity index (χ0n) is 24.5. The fourth-order valence-electron chi connectivity index (χ4n) is 8.08. The molecule has 47 heavy (non-hydrogen) atoms. The molecule has 4 amide bonds. The van der Waals surface area contributed by atoms with E-state index in [-0.39, 0.29) is 45.6 Å². The first-order valence-corrected chi connectivity index (χ1v) is 15.5. The van der Waals surface area contributed by atoms with Crippen molar-refractivity contribution in [3.8, 4) is 11.5 Å². The highest BCUT2D eigenvalue weighted by Gasteiger charge is 2.68. The summed E-state index contributed by atoms with van der Waals surface area (Å²) in [6.45, 7) is 1.62. The lowest BCUT2D eigenvalue weighted by Crippen LogP contribution is -2.48. The molecular weight excluding hydrogens is 654 g/mol. The van der Waals surface area contributed by atoms with Crippen molar-refractivity contribution in [2.24, 2.45) is 29.1 Å². The van der Waals surface area contributed by atoms with Gasteiger partial charge in [-0.1, -0.05) is 34.9 Å². The molecule has 3 aromatic rings. The number of imide groups is 2. The number of aromatic carboxylic acids is 1. The number of halogens is 3. The van der Waals surface area contributed by atoms with Gasteiger partial charge in [-0.3, -0.25) is 19.2 Å². The van der Waals surface area contributed by atoms with Crippen LogP contribution in [0.4, 0.5) is 15.8 Å². The van der Waals surface area contributed by atoms with Gasteiger partial charge in [-0.2, -0.15) is 0 Å². The highest BCUT2D eigenvalue weighted by Crippen LogP contribution is 2.64. The minimum absolute atomic E-state index is 0.00498. The molecule has 1 saturated carbocycles. The summed E-state index contributed by atoms with van der Waals surface area (Å²) in [5.74, 6) is -9.79. The second-order valence-electron chi connectivity index (χ2n) is 12.5. The number of fused-ring (bicyclic) bond motifs is 4. The fourth-order valence-corrected chi connectivity index (χ4v) is 8.44. The first-order valence-electron chi connectivity index (χ1n) is 14.7. The molecule has 6 unspecified atom stereocenters. The molecule has 3 fully saturated rings. The van der Waals surface area contributed by atoms with Crippen LogP contribution in [-0.4, -0.2) is 44.9 Å². The van der Waals surface area contributed by atoms with Crippen molar-refractivity contribution in [3.63, 3.8) is 0 Å². The smallest absolute Gasteiger partial charge is 0.339 e. The van der Waals surface area contributed by atoms with Gasteiger partial charge in [0.1, 0.15) is 22.9 Å². The number of rotatable bonds is 4. The van der Waals surface area contributed by atoms with Gasteiger partial charge in [-0.25, -0.2) is 19.0 Å². The van der Waals surface area contributed by atoms with Crippen LogP contribution >= 0.6 is 23.2 Å². The van der Waals surface area contributed by atoms with E-state index < -0.39 is 81.7 Å². The highest BCUT2D eigenvalue weighted by atomic mass is 35.5. The fraction of sp³-hybridized carbons (Fsp3) is 0.265. The SMILES string of the molecule is CC12C(=O)N(c3ccc(F)c(Cl)c3)C(=O)C1CC1C(=CCC3C(=O)N(c4ccc(C(=O)O)c(O)c4)C(=O)C31)C2c1cc(Cl)ccc1O. The van der Waals surface area contributed by atoms with Crippen molar-refractivity contribution >= 4 is 64.2 Å². The second kappa shape index (κ2) is 10.6. The van der Waals surface area contributed by atoms with Crippen molar-refractivity contribution in [2.45, 2.75) is 25.7 Å². The molecule has 0 bridgehead atoms. The van der Waals surface area contributed by atoms with E-state index in [1.54, 1.807) is 13.0 Å². The summed E-state index contributed by atoms with van der Waals surface area (Å²) < 4.78 is 14.1. The summed E-state index contributed by atoms with van der Waals surface area (Å²) in [6, 6.07) is 11.3. The Bertz CT molecular complexity index is 2000. The number of benzene rings is 3. The van der Waals surface area contributed by atoms with Gasteiger partial charge in [-0.15, -0.1) is 0 Å². The third-order valence-electron chi connectivity index (χ3n) is 10.2. The van der Waals surface area contributed by atoms with E-state index in [9.17, 15) is 43.7 Å². The minimum atomic E-state index is -1.49. The zero-order chi connectivity index (χ0) is 33.7. The van der Waals surface area contributed by atoms with Gasteiger partial charge in [-0.05, 0) is 74.2 Å². The molecule has 0 spiro atoms. The Morgan fingerprint density at radius 1 is 0.872 bits per heavy atom. The van der Waals surface area contributed by atoms with E-state index >= 15 is 0 Å². The number of aromatic hydroxyl groups is 2. The standard InChI is InChI=1S/C34H25Cl2FN2O8/c1-34-22(30(43)39(33(34)47)15-4-8-24(37)23(36)11-15)13-20-17(28(34)21-10-14(35)2-9-25(21)40)6-7-19-27(20)31(44)38(29(19)42)16-3-5-18(32(45)46)26(41)12-16/h2-6,8-12,19-20,22,27-28,40-41H,7,13H2,1H3,(H,45,46). The largest absolute Gasteiger partial charge is 0.508 e. The van der Waals surface area contributed by atoms with Gasteiger partial charge in [0.15, 0.2) is 0 Å². The van der Waals surface area contributed by atoms with Crippen LogP contribution in [-0.2, 0) is 19.2 Å². The maximum absolute atomic E-state index is 14.4. The van der Waals surface area contributed by atoms with Crippen LogP contribution in [0.5, 0.6) is 11.5 Å². The zero-order valence-corrected chi connectivity index (χ0v) is 26.0. The Balaban J connectivity index is 1.36. The molecule has 2 aliphatic carbocycles. The number of allylic oxidation sites excluding steroid dienone is 2. The number of nitrogens with zero attached hydrogens (tertiary/aromatic N) is 2. The first kappa shape index (κ1) is 30.9. The summed E-state index contributed by atoms with van der Waals surface area (Å²) in [5.41, 5.74) is -0.971. The van der Waals surface area contributed by atoms with Crippen molar-refractivity contribution in [1.82, 2.24) is 0 Å². The molecule has 2 heterocycles. The molecule has 6 atom stereocenters. The Labute approximate surface area is 276 Å². The Hall–Kier alpha value is -4.74. The maximum Gasteiger partial charge on any atom is 0.339 e. The molecule has 2 aliphatic heterocycles. The van der Waals surface area contributed by atoms with Crippen molar-refractivity contribution in [1.29, 1.82) is 0 Å². The normalized spacial score (nSPS) is 28.3. The van der Waals surface area contributed by atoms with E-state index in [1.807, 2.05) is 0 Å². The lowest BCUT2D eigenvalue weighted by Gasteiger charge is -2.49. The number of phenolic OH excluding ortho intramolecular Hbond substituents is 1. The molecule has 10 nitrogen and oxygen atoms in total. The van der Waals surface area contributed by atoms with Crippen LogP contribution in [0.2, 0.25) is 10.0 Å². The number of phenols is 2. The molecule has 13 heteroatoms. The predicted molar refractivity (Wildman–Crippen MR) is 167 cm³/mol. The van der Waals surface area contributed by atoms with E-state index in [0.29, 0.717) is 5.57 Å². The van der Waals surface area contributed by atoms with E-state index in [0.717, 1.165) is 28.0 Å². The Morgan fingerprint density at radius 3 is 2.26 bits per heavy atom. The third-order valence-corrected chi connectivity index (χ3v) is 10.7. The van der Waals surface area contributed by atoms with E-state index in [2.05, 4.69) is 0 Å². The van der Waals surface area contributed by atoms with Gasteiger partial charge < -0.3 is 15.3 Å². The molecule has 7 rings (SSSR count). The quantitative estimate of drug-likeness (QED) is 0.236. The lowest BCUT2D eigenvalue weighted by molar-refractivity contribution is -0.131. The number of carboxylic acid groups (broad SMARTS) is 1. The third kappa shape index (κ3) is 4.33. The molecule has 0 radical (unpaired) electrons. The second-order valence-corrected chi connectivity index (χ2v) is 13.3. The molecule has 4 aliphatic rings. The number of carbonyl (C=O) groups excluding carboxylic acids is 4. The Morgan fingerprint density at radius 2 is 1.57 bits per heavy atom. The number of carboxylic acids is 1. The first-order chi connectivity index (χ1) is 22.2. The molecule has 0 aromatic heterocycles.